The van der Waals surface area contributed by atoms with E-state index in [1.54, 1.807) is 11.3 Å². The Balaban J connectivity index is 1.57. The number of piperidine rings is 1. The number of likely N-dealkylation sites (tertiary alicyclic amines) is 1. The average Bonchev–Trinajstić information content (AvgIpc) is 2.72. The summed E-state index contributed by atoms with van der Waals surface area (Å²) in [5.41, 5.74) is 0. The molecule has 90 valence electrons. The van der Waals surface area contributed by atoms with Crippen LogP contribution in [0.15, 0.2) is 12.1 Å². The molecule has 16 heavy (non-hydrogen) atoms. The first-order valence-corrected chi connectivity index (χ1v) is 7.21. The third-order valence-electron chi connectivity index (χ3n) is 2.98. The van der Waals surface area contributed by atoms with Gasteiger partial charge >= 0.3 is 0 Å². The van der Waals surface area contributed by atoms with Crippen molar-refractivity contribution in [2.24, 2.45) is 0 Å². The molecule has 0 aromatic carbocycles. The number of hydrogen-bond acceptors (Lipinski definition) is 3. The lowest BCUT2D eigenvalue weighted by molar-refractivity contribution is 0.229. The van der Waals surface area contributed by atoms with Crippen LogP contribution in [0, 0.1) is 0 Å². The van der Waals surface area contributed by atoms with Gasteiger partial charge in [0.05, 0.1) is 4.34 Å². The molecule has 2 rings (SSSR count). The highest BCUT2D eigenvalue weighted by atomic mass is 35.5. The first kappa shape index (κ1) is 12.4. The number of hydrogen-bond donors (Lipinski definition) is 1. The average molecular weight is 259 g/mol. The van der Waals surface area contributed by atoms with E-state index in [0.717, 1.165) is 17.4 Å². The highest BCUT2D eigenvalue weighted by Gasteiger charge is 2.08. The van der Waals surface area contributed by atoms with Crippen LogP contribution in [-0.4, -0.2) is 31.1 Å². The molecule has 2 heterocycles. The van der Waals surface area contributed by atoms with Crippen LogP contribution in [-0.2, 0) is 6.54 Å². The molecule has 4 heteroatoms. The maximum Gasteiger partial charge on any atom is 0.0931 e. The van der Waals surface area contributed by atoms with Gasteiger partial charge in [-0.05, 0) is 38.1 Å². The molecule has 1 aliphatic rings. The van der Waals surface area contributed by atoms with E-state index in [0.29, 0.717) is 0 Å². The quantitative estimate of drug-likeness (QED) is 0.817. The molecule has 0 radical (unpaired) electrons. The van der Waals surface area contributed by atoms with Crippen LogP contribution in [0.3, 0.4) is 0 Å². The van der Waals surface area contributed by atoms with Crippen molar-refractivity contribution in [3.8, 4) is 0 Å². The summed E-state index contributed by atoms with van der Waals surface area (Å²) in [6.07, 6.45) is 4.17. The summed E-state index contributed by atoms with van der Waals surface area (Å²) >= 11 is 7.54. The minimum absolute atomic E-state index is 0.882. The second-order valence-corrected chi connectivity index (χ2v) is 6.08. The van der Waals surface area contributed by atoms with Crippen LogP contribution in [0.25, 0.3) is 0 Å². The molecule has 1 aliphatic heterocycles. The van der Waals surface area contributed by atoms with E-state index in [9.17, 15) is 0 Å². The Morgan fingerprint density at radius 1 is 1.25 bits per heavy atom. The van der Waals surface area contributed by atoms with Gasteiger partial charge in [-0.15, -0.1) is 11.3 Å². The molecule has 0 spiro atoms. The fourth-order valence-corrected chi connectivity index (χ4v) is 3.14. The lowest BCUT2D eigenvalue weighted by Crippen LogP contribution is -2.35. The number of nitrogens with one attached hydrogen (secondary N) is 1. The zero-order chi connectivity index (χ0) is 11.2. The summed E-state index contributed by atoms with van der Waals surface area (Å²) in [6, 6.07) is 4.06. The van der Waals surface area contributed by atoms with Gasteiger partial charge in [-0.3, -0.25) is 0 Å². The summed E-state index contributed by atoms with van der Waals surface area (Å²) in [5, 5.41) is 3.47. The number of halogens is 1. The molecule has 1 aromatic heterocycles. The molecule has 0 atom stereocenters. The fourth-order valence-electron chi connectivity index (χ4n) is 2.08. The van der Waals surface area contributed by atoms with E-state index in [-0.39, 0.29) is 0 Å². The van der Waals surface area contributed by atoms with Crippen molar-refractivity contribution in [3.05, 3.63) is 21.3 Å². The Bertz CT molecular complexity index is 308. The van der Waals surface area contributed by atoms with Crippen LogP contribution >= 0.6 is 22.9 Å². The van der Waals surface area contributed by atoms with Crippen molar-refractivity contribution in [1.82, 2.24) is 10.2 Å². The number of nitrogens with zero attached hydrogens (tertiary/aromatic N) is 1. The maximum absolute atomic E-state index is 5.88. The predicted molar refractivity (Wildman–Crippen MR) is 71.3 cm³/mol. The normalized spacial score (nSPS) is 17.8. The van der Waals surface area contributed by atoms with Crippen molar-refractivity contribution in [3.63, 3.8) is 0 Å². The van der Waals surface area contributed by atoms with Gasteiger partial charge in [-0.25, -0.2) is 0 Å². The summed E-state index contributed by atoms with van der Waals surface area (Å²) in [5.74, 6) is 0. The second kappa shape index (κ2) is 6.60. The Kier molecular flexibility index (Phi) is 5.10. The van der Waals surface area contributed by atoms with Gasteiger partial charge in [0, 0.05) is 24.5 Å². The zero-order valence-corrected chi connectivity index (χ0v) is 11.1. The van der Waals surface area contributed by atoms with Crippen molar-refractivity contribution >= 4 is 22.9 Å². The van der Waals surface area contributed by atoms with Crippen LogP contribution < -0.4 is 5.32 Å². The smallest absolute Gasteiger partial charge is 0.0931 e. The van der Waals surface area contributed by atoms with Crippen molar-refractivity contribution in [2.45, 2.75) is 25.8 Å². The summed E-state index contributed by atoms with van der Waals surface area (Å²) in [6.45, 7) is 5.78. The Labute approximate surface area is 107 Å². The summed E-state index contributed by atoms with van der Waals surface area (Å²) in [7, 11) is 0. The molecule has 2 nitrogen and oxygen atoms in total. The first-order valence-electron chi connectivity index (χ1n) is 6.02. The van der Waals surface area contributed by atoms with Gasteiger partial charge < -0.3 is 10.2 Å². The lowest BCUT2D eigenvalue weighted by Gasteiger charge is -2.26. The first-order chi connectivity index (χ1) is 7.84. The standard InChI is InChI=1S/C12H19ClN2S/c13-12-5-4-11(16-12)10-14-6-9-15-7-2-1-3-8-15/h4-5,14H,1-3,6-10H2. The molecule has 1 N–H and O–H groups in total. The van der Waals surface area contributed by atoms with Crippen LogP contribution in [0.2, 0.25) is 4.34 Å². The largest absolute Gasteiger partial charge is 0.311 e. The third kappa shape index (κ3) is 4.06. The van der Waals surface area contributed by atoms with E-state index in [1.807, 2.05) is 6.07 Å². The molecule has 1 fully saturated rings. The van der Waals surface area contributed by atoms with Gasteiger partial charge in [0.25, 0.3) is 0 Å². The topological polar surface area (TPSA) is 15.3 Å². The highest BCUT2D eigenvalue weighted by Crippen LogP contribution is 2.20. The monoisotopic (exact) mass is 258 g/mol. The van der Waals surface area contributed by atoms with Gasteiger partial charge in [0.2, 0.25) is 0 Å². The van der Waals surface area contributed by atoms with Crippen molar-refractivity contribution in [2.75, 3.05) is 26.2 Å². The SMILES string of the molecule is Clc1ccc(CNCCN2CCCCC2)s1. The van der Waals surface area contributed by atoms with Gasteiger partial charge in [-0.1, -0.05) is 18.0 Å². The minimum Gasteiger partial charge on any atom is -0.311 e. The van der Waals surface area contributed by atoms with Gasteiger partial charge in [-0.2, -0.15) is 0 Å². The molecule has 0 aliphatic carbocycles. The van der Waals surface area contributed by atoms with Gasteiger partial charge in [0.1, 0.15) is 0 Å². The van der Waals surface area contributed by atoms with E-state index in [2.05, 4.69) is 16.3 Å². The molecule has 0 amide bonds. The van der Waals surface area contributed by atoms with Crippen molar-refractivity contribution in [1.29, 1.82) is 0 Å². The molecule has 0 bridgehead atoms. The van der Waals surface area contributed by atoms with Crippen LogP contribution in [0.5, 0.6) is 0 Å². The van der Waals surface area contributed by atoms with E-state index >= 15 is 0 Å². The molecular weight excluding hydrogens is 240 g/mol. The Morgan fingerprint density at radius 3 is 2.75 bits per heavy atom. The van der Waals surface area contributed by atoms with E-state index in [4.69, 9.17) is 11.6 Å². The van der Waals surface area contributed by atoms with E-state index < -0.39 is 0 Å². The maximum atomic E-state index is 5.88. The Morgan fingerprint density at radius 2 is 2.06 bits per heavy atom. The zero-order valence-electron chi connectivity index (χ0n) is 9.54. The lowest BCUT2D eigenvalue weighted by atomic mass is 10.1. The summed E-state index contributed by atoms with van der Waals surface area (Å²) in [4.78, 5) is 3.88. The van der Waals surface area contributed by atoms with Crippen molar-refractivity contribution < 1.29 is 0 Å². The minimum atomic E-state index is 0.882. The third-order valence-corrected chi connectivity index (χ3v) is 4.21. The number of thiophene rings is 1. The number of rotatable bonds is 5. The predicted octanol–water partition coefficient (Wildman–Crippen LogP) is 2.98. The Hall–Kier alpha value is -0.0900. The summed E-state index contributed by atoms with van der Waals surface area (Å²) < 4.78 is 0.882. The van der Waals surface area contributed by atoms with Crippen LogP contribution in [0.4, 0.5) is 0 Å². The molecule has 0 saturated carbocycles. The fraction of sp³-hybridized carbons (Fsp3) is 0.667. The highest BCUT2D eigenvalue weighted by molar-refractivity contribution is 7.16. The molecule has 1 saturated heterocycles. The molecular formula is C12H19ClN2S. The molecule has 1 aromatic rings. The second-order valence-electron chi connectivity index (χ2n) is 4.28. The van der Waals surface area contributed by atoms with Crippen LogP contribution in [0.1, 0.15) is 24.1 Å². The van der Waals surface area contributed by atoms with Gasteiger partial charge in [0.15, 0.2) is 0 Å². The van der Waals surface area contributed by atoms with E-state index in [1.165, 1.54) is 43.8 Å². The molecule has 0 unspecified atom stereocenters.